The van der Waals surface area contributed by atoms with Crippen LogP contribution in [0.15, 0.2) is 0 Å². The Bertz CT molecular complexity index is 5380. The van der Waals surface area contributed by atoms with Crippen LogP contribution in [0.2, 0.25) is 20.6 Å². The van der Waals surface area contributed by atoms with Gasteiger partial charge in [-0.15, -0.1) is 0 Å². The minimum absolute atomic E-state index is 0.340. The van der Waals surface area contributed by atoms with Gasteiger partial charge in [0.2, 0.25) is 23.8 Å². The molecule has 816 valence electrons. The van der Waals surface area contributed by atoms with Gasteiger partial charge in [0, 0.05) is 367 Å². The maximum Gasteiger partial charge on any atom is 0.229 e. The van der Waals surface area contributed by atoms with Gasteiger partial charge in [0.1, 0.15) is 0 Å². The molecule has 8 aromatic rings. The predicted octanol–water partition coefficient (Wildman–Crippen LogP) is 3.22. The predicted molar refractivity (Wildman–Crippen MR) is 598 cm³/mol. The van der Waals surface area contributed by atoms with E-state index in [1.54, 1.807) is 0 Å². The van der Waals surface area contributed by atoms with Crippen LogP contribution >= 0.6 is 46.4 Å². The van der Waals surface area contributed by atoms with E-state index in [1.807, 2.05) is 0 Å². The summed E-state index contributed by atoms with van der Waals surface area (Å²) in [5.74, 6) is 7.99. The highest BCUT2D eigenvalue weighted by molar-refractivity contribution is 6.33. The summed E-state index contributed by atoms with van der Waals surface area (Å²) in [4.78, 5) is 124. The van der Waals surface area contributed by atoms with E-state index in [2.05, 4.69) is 207 Å². The lowest BCUT2D eigenvalue weighted by Gasteiger charge is -2.33. The van der Waals surface area contributed by atoms with Crippen molar-refractivity contribution in [3.63, 3.8) is 0 Å². The first kappa shape index (κ1) is 111. The van der Waals surface area contributed by atoms with E-state index in [0.29, 0.717) is 118 Å². The molecule has 50 heteroatoms. The monoisotopic (exact) mass is 2130 g/mol. The van der Waals surface area contributed by atoms with E-state index in [4.69, 9.17) is 126 Å². The van der Waals surface area contributed by atoms with Crippen molar-refractivity contribution >= 4 is 161 Å². The highest BCUT2D eigenvalue weighted by atomic mass is 35.5. The van der Waals surface area contributed by atoms with Crippen molar-refractivity contribution in [1.29, 1.82) is 0 Å². The van der Waals surface area contributed by atoms with Crippen molar-refractivity contribution in [3.05, 3.63) is 20.6 Å². The average molecular weight is 2130 g/mol. The molecule has 20 rings (SSSR count). The fourth-order valence-corrected chi connectivity index (χ4v) is 20.9. The molecule has 20 heterocycles. The van der Waals surface area contributed by atoms with Crippen LogP contribution in [0.1, 0.15) is 38.5 Å². The van der Waals surface area contributed by atoms with E-state index in [-0.39, 0.29) is 0 Å². The van der Waals surface area contributed by atoms with Crippen LogP contribution < -0.4 is 62.1 Å². The molecule has 0 saturated carbocycles. The largest absolute Gasteiger partial charge is 0.379 e. The number of ether oxygens (including phenoxy) is 2. The second kappa shape index (κ2) is 56.5. The minimum Gasteiger partial charge on any atom is -0.379 e. The molecule has 0 atom stereocenters. The summed E-state index contributed by atoms with van der Waals surface area (Å²) < 4.78 is 10.9. The molecule has 0 aromatic carbocycles. The number of likely N-dealkylation sites (N-methyl/N-ethyl adjacent to an activating group) is 8. The molecule has 148 heavy (non-hydrogen) atoms. The summed E-state index contributed by atoms with van der Waals surface area (Å²) >= 11 is 26.4. The molecule has 0 bridgehead atoms. The smallest absolute Gasteiger partial charge is 0.229 e. The van der Waals surface area contributed by atoms with Crippen LogP contribution in [0.5, 0.6) is 0 Å². The SMILES string of the molecule is CN1CCN(CCNc2nc(N3CCCCC3)nc3nc(NCCN4CCOCC4)c(Cl)nc23)CC1.CN1CCN(CCNc2nc(N3CCN(C)CC3)nc3nc(NCCN4CCOCC4)c(Cl)nc23)CC1.CN1CCN(CCNc2nc3nc(N4CCCCC4)nc(NCCN4CCN(C)CC4)c3nc2Cl)CC1.CN1CCN(CCNc2nc3nc(N4CCN(C)CC4)nc(NCCN4CCN(C)CC4)c3nc2Cl)CC1. The molecule has 8 aromatic heterocycles. The van der Waals surface area contributed by atoms with E-state index in [1.165, 1.54) is 25.7 Å². The van der Waals surface area contributed by atoms with Gasteiger partial charge in [-0.2, -0.15) is 39.9 Å². The molecule has 12 aliphatic heterocycles. The number of halogens is 4. The molecule has 0 unspecified atom stereocenters. The van der Waals surface area contributed by atoms with Gasteiger partial charge >= 0.3 is 0 Å². The highest BCUT2D eigenvalue weighted by Gasteiger charge is 2.31. The number of nitrogens with zero attached hydrogens (tertiary/aromatic N) is 36. The summed E-state index contributed by atoms with van der Waals surface area (Å²) in [7, 11) is 17.4. The summed E-state index contributed by atoms with van der Waals surface area (Å²) in [6, 6.07) is 0. The first-order valence-electron chi connectivity index (χ1n) is 54.5. The lowest BCUT2D eigenvalue weighted by atomic mass is 10.1. The molecule has 12 aliphatic rings. The lowest BCUT2D eigenvalue weighted by Crippen LogP contribution is -2.46. The fourth-order valence-electron chi connectivity index (χ4n) is 20.1. The minimum atomic E-state index is 0.340. The molecule has 0 amide bonds. The summed E-state index contributed by atoms with van der Waals surface area (Å²) in [6.45, 7) is 58.3. The van der Waals surface area contributed by atoms with Gasteiger partial charge in [0.05, 0.1) is 26.4 Å². The molecule has 0 radical (unpaired) electrons. The van der Waals surface area contributed by atoms with Crippen molar-refractivity contribution in [1.82, 2.24) is 158 Å². The Morgan fingerprint density at radius 2 is 0.351 bits per heavy atom. The first-order chi connectivity index (χ1) is 72.2. The quantitative estimate of drug-likeness (QED) is 0.0279. The Labute approximate surface area is 894 Å². The van der Waals surface area contributed by atoms with E-state index >= 15 is 0 Å². The number of aromatic nitrogens is 16. The maximum atomic E-state index is 6.62. The zero-order chi connectivity index (χ0) is 102. The number of morpholine rings is 2. The molecular formula is C98H164Cl4N44O2. The number of rotatable bonds is 36. The van der Waals surface area contributed by atoms with Crippen molar-refractivity contribution < 1.29 is 9.47 Å². The lowest BCUT2D eigenvalue weighted by molar-refractivity contribution is 0.0398. The molecule has 0 aliphatic carbocycles. The zero-order valence-electron chi connectivity index (χ0n) is 89.1. The number of anilines is 12. The molecule has 12 saturated heterocycles. The van der Waals surface area contributed by atoms with Gasteiger partial charge in [-0.1, -0.05) is 46.4 Å². The topological polar surface area (TPSA) is 386 Å². The standard InChI is InChI=1S/C25H43ClN12.C25H42ClN11.C24H40ClN11O.C24H39ClN10O/c1-33-8-14-36(15-9-33)6-4-27-22-20-23(32-25(31-22)38-18-12-35(3)13-19-38)30-24(21(26)29-20)28-5-7-37-16-10-34(2)11-17-37;1-33-12-16-35(17-13-33)10-6-27-22-20-23(32-25(31-22)37-8-4-3-5-9-37)30-24(21(26)29-20)28-7-11-36-18-14-34(2)15-19-36;1-32-7-11-34(12-8-32)5-3-26-21-19-22(31-24(30-21)36-13-9-33(2)10-14-36)29-23(20(25)28-19)27-4-6-35-15-17-37-18-16-35;1-32-11-13-33(14-12-32)9-5-26-21-19-22(31-24(30-21)35-7-3-2-4-8-35)29-23(20(25)28-19)27-6-10-34-15-17-36-18-16-34/h4-19H2,1-3H3,(H2,27,28,30,31,32);3-19H2,1-2H3,(H2,27,28,30,31,32);3-18H2,1-2H3,(H2,26,27,29,30,31);2-18H2,1H3,(H2,26,27,29,30,31). The Hall–Kier alpha value is -8.28. The number of piperazine rings is 8. The Morgan fingerprint density at radius 3 is 0.547 bits per heavy atom. The molecule has 46 nitrogen and oxygen atoms in total. The second-order valence-electron chi connectivity index (χ2n) is 41.5. The molecular weight excluding hydrogens is 1970 g/mol. The van der Waals surface area contributed by atoms with Crippen molar-refractivity contribution in [3.8, 4) is 0 Å². The normalized spacial score (nSPS) is 21.0. The number of nitrogens with one attached hydrogen (secondary N) is 8. The number of hydrogen-bond acceptors (Lipinski definition) is 46. The summed E-state index contributed by atoms with van der Waals surface area (Å²) in [5.41, 5.74) is 4.78. The third-order valence-corrected chi connectivity index (χ3v) is 31.4. The highest BCUT2D eigenvalue weighted by Crippen LogP contribution is 2.34. The van der Waals surface area contributed by atoms with Gasteiger partial charge in [0.25, 0.3) is 0 Å². The van der Waals surface area contributed by atoms with Gasteiger partial charge in [0.15, 0.2) is 112 Å². The van der Waals surface area contributed by atoms with Crippen LogP contribution in [0.3, 0.4) is 0 Å². The van der Waals surface area contributed by atoms with E-state index < -0.39 is 0 Å². The van der Waals surface area contributed by atoms with E-state index in [0.717, 1.165) is 423 Å². The van der Waals surface area contributed by atoms with Crippen LogP contribution in [0.4, 0.5) is 70.3 Å². The van der Waals surface area contributed by atoms with Crippen LogP contribution in [0, 0.1) is 0 Å². The summed E-state index contributed by atoms with van der Waals surface area (Å²) in [5, 5.41) is 29.1. The Kier molecular flexibility index (Phi) is 42.4. The number of piperidine rings is 2. The molecule has 12 fully saturated rings. The fraction of sp³-hybridized carbons (Fsp3) is 0.755. The summed E-state index contributed by atoms with van der Waals surface area (Å²) in [6.07, 6.45) is 7.17. The Morgan fingerprint density at radius 1 is 0.182 bits per heavy atom. The van der Waals surface area contributed by atoms with Crippen molar-refractivity contribution in [2.45, 2.75) is 38.5 Å². The van der Waals surface area contributed by atoms with E-state index in [9.17, 15) is 0 Å². The molecule has 8 N–H and O–H groups in total. The van der Waals surface area contributed by atoms with Gasteiger partial charge in [-0.05, 0) is 94.9 Å². The van der Waals surface area contributed by atoms with Gasteiger partial charge < -0.3 is 111 Å². The average Bonchev–Trinajstić information content (AvgIpc) is 0.789. The van der Waals surface area contributed by atoms with Gasteiger partial charge in [-0.3, -0.25) is 39.2 Å². The third-order valence-electron chi connectivity index (χ3n) is 30.3. The molecule has 0 spiro atoms. The van der Waals surface area contributed by atoms with Gasteiger partial charge in [-0.25, -0.2) is 39.9 Å². The first-order valence-corrected chi connectivity index (χ1v) is 56.1. The number of fused-ring (bicyclic) bond motifs is 4. The Balaban J connectivity index is 0.000000135. The van der Waals surface area contributed by atoms with Crippen molar-refractivity contribution in [2.75, 3.05) is 511 Å². The number of hydrogen-bond donors (Lipinski definition) is 8. The van der Waals surface area contributed by atoms with Crippen LogP contribution in [-0.2, 0) is 9.47 Å². The second-order valence-corrected chi connectivity index (χ2v) is 42.9. The maximum absolute atomic E-state index is 6.62. The third kappa shape index (κ3) is 32.9. The van der Waals surface area contributed by atoms with Crippen molar-refractivity contribution in [2.24, 2.45) is 0 Å². The van der Waals surface area contributed by atoms with Crippen LogP contribution in [-0.4, -0.2) is 607 Å². The van der Waals surface area contributed by atoms with Crippen LogP contribution in [0.25, 0.3) is 44.7 Å². The zero-order valence-corrected chi connectivity index (χ0v) is 92.1.